The first kappa shape index (κ1) is 18.4. The number of benzene rings is 1. The smallest absolute Gasteiger partial charge is 0.0474 e. The van der Waals surface area contributed by atoms with Gasteiger partial charge in [-0.15, -0.1) is 12.4 Å². The molecule has 2 aromatic rings. The van der Waals surface area contributed by atoms with Crippen LogP contribution in [0.2, 0.25) is 0 Å². The minimum Gasteiger partial charge on any atom is -0.314 e. The molecule has 0 aliphatic carbocycles. The van der Waals surface area contributed by atoms with Crippen molar-refractivity contribution in [1.82, 2.24) is 15.2 Å². The van der Waals surface area contributed by atoms with Gasteiger partial charge >= 0.3 is 0 Å². The number of rotatable bonds is 4. The van der Waals surface area contributed by atoms with Crippen LogP contribution in [-0.2, 0) is 0 Å². The SMILES string of the molecule is CC(CN1CCNCC1c1ccncc1)c1cccc(Br)c1.Cl. The Balaban J connectivity index is 0.00000192. The van der Waals surface area contributed by atoms with Crippen molar-refractivity contribution >= 4 is 28.3 Å². The maximum absolute atomic E-state index is 4.14. The summed E-state index contributed by atoms with van der Waals surface area (Å²) in [7, 11) is 0. The van der Waals surface area contributed by atoms with E-state index in [9.17, 15) is 0 Å². The molecule has 5 heteroatoms. The number of nitrogens with one attached hydrogen (secondary N) is 1. The molecule has 1 aliphatic heterocycles. The lowest BCUT2D eigenvalue weighted by Gasteiger charge is -2.38. The van der Waals surface area contributed by atoms with Gasteiger partial charge in [-0.3, -0.25) is 9.88 Å². The number of nitrogens with zero attached hydrogens (tertiary/aromatic N) is 2. The van der Waals surface area contributed by atoms with Crippen molar-refractivity contribution in [1.29, 1.82) is 0 Å². The number of aromatic nitrogens is 1. The van der Waals surface area contributed by atoms with Crippen LogP contribution in [0.4, 0.5) is 0 Å². The highest BCUT2D eigenvalue weighted by molar-refractivity contribution is 9.10. The van der Waals surface area contributed by atoms with Crippen LogP contribution < -0.4 is 5.32 Å². The first-order valence-electron chi connectivity index (χ1n) is 7.84. The Hall–Kier alpha value is -0.940. The average molecular weight is 397 g/mol. The summed E-state index contributed by atoms with van der Waals surface area (Å²) in [5.74, 6) is 0.514. The molecule has 0 amide bonds. The van der Waals surface area contributed by atoms with E-state index in [0.29, 0.717) is 12.0 Å². The standard InChI is InChI=1S/C18H22BrN3.ClH/c1-14(16-3-2-4-17(19)11-16)13-22-10-9-21-12-18(22)15-5-7-20-8-6-15;/h2-8,11,14,18,21H,9-10,12-13H2,1H3;1H. The highest BCUT2D eigenvalue weighted by Gasteiger charge is 2.25. The molecule has 1 N–H and O–H groups in total. The highest BCUT2D eigenvalue weighted by atomic mass is 79.9. The highest BCUT2D eigenvalue weighted by Crippen LogP contribution is 2.26. The predicted octanol–water partition coefficient (Wildman–Crippen LogP) is 4.02. The van der Waals surface area contributed by atoms with Gasteiger partial charge in [0, 0.05) is 49.1 Å². The van der Waals surface area contributed by atoms with Crippen molar-refractivity contribution < 1.29 is 0 Å². The fourth-order valence-electron chi connectivity index (χ4n) is 3.15. The van der Waals surface area contributed by atoms with Gasteiger partial charge in [0.15, 0.2) is 0 Å². The summed E-state index contributed by atoms with van der Waals surface area (Å²) in [5, 5.41) is 3.52. The van der Waals surface area contributed by atoms with E-state index in [2.05, 4.69) is 74.5 Å². The Bertz CT molecular complexity index is 608. The Labute approximate surface area is 153 Å². The van der Waals surface area contributed by atoms with Crippen LogP contribution in [0.25, 0.3) is 0 Å². The van der Waals surface area contributed by atoms with Crippen molar-refractivity contribution in [3.05, 3.63) is 64.4 Å². The molecule has 3 nitrogen and oxygen atoms in total. The van der Waals surface area contributed by atoms with Gasteiger partial charge in [-0.1, -0.05) is 35.0 Å². The maximum Gasteiger partial charge on any atom is 0.0474 e. The first-order chi connectivity index (χ1) is 10.7. The van der Waals surface area contributed by atoms with Crippen LogP contribution in [0.3, 0.4) is 0 Å². The van der Waals surface area contributed by atoms with E-state index < -0.39 is 0 Å². The molecule has 2 heterocycles. The summed E-state index contributed by atoms with van der Waals surface area (Å²) >= 11 is 3.57. The molecular formula is C18H23BrClN3. The van der Waals surface area contributed by atoms with Gasteiger partial charge in [0.1, 0.15) is 0 Å². The summed E-state index contributed by atoms with van der Waals surface area (Å²) in [5.41, 5.74) is 2.74. The summed E-state index contributed by atoms with van der Waals surface area (Å²) < 4.78 is 1.16. The predicted molar refractivity (Wildman–Crippen MR) is 101 cm³/mol. The molecule has 2 unspecified atom stereocenters. The second-order valence-corrected chi connectivity index (χ2v) is 6.87. The van der Waals surface area contributed by atoms with E-state index in [-0.39, 0.29) is 12.4 Å². The van der Waals surface area contributed by atoms with Crippen LogP contribution in [0, 0.1) is 0 Å². The van der Waals surface area contributed by atoms with Gasteiger partial charge in [-0.05, 0) is 41.3 Å². The zero-order valence-corrected chi connectivity index (χ0v) is 15.7. The maximum atomic E-state index is 4.14. The molecule has 3 rings (SSSR count). The van der Waals surface area contributed by atoms with E-state index >= 15 is 0 Å². The molecule has 1 aromatic carbocycles. The molecule has 23 heavy (non-hydrogen) atoms. The lowest BCUT2D eigenvalue weighted by molar-refractivity contribution is 0.154. The minimum atomic E-state index is 0. The normalized spacial score (nSPS) is 19.8. The van der Waals surface area contributed by atoms with Crippen LogP contribution in [0.15, 0.2) is 53.3 Å². The summed E-state index contributed by atoms with van der Waals surface area (Å²) in [6.45, 7) is 6.55. The lowest BCUT2D eigenvalue weighted by atomic mass is 9.97. The molecular weight excluding hydrogens is 374 g/mol. The molecule has 0 spiro atoms. The van der Waals surface area contributed by atoms with E-state index in [1.54, 1.807) is 0 Å². The molecule has 0 radical (unpaired) electrons. The van der Waals surface area contributed by atoms with E-state index in [1.165, 1.54) is 11.1 Å². The monoisotopic (exact) mass is 395 g/mol. The molecule has 1 aliphatic rings. The topological polar surface area (TPSA) is 28.2 Å². The van der Waals surface area contributed by atoms with Gasteiger partial charge in [0.2, 0.25) is 0 Å². The summed E-state index contributed by atoms with van der Waals surface area (Å²) in [4.78, 5) is 6.73. The second kappa shape index (κ2) is 8.78. The average Bonchev–Trinajstić information content (AvgIpc) is 2.56. The van der Waals surface area contributed by atoms with E-state index in [0.717, 1.165) is 30.7 Å². The number of halogens is 2. The number of hydrogen-bond donors (Lipinski definition) is 1. The number of pyridine rings is 1. The fraction of sp³-hybridized carbons (Fsp3) is 0.389. The fourth-order valence-corrected chi connectivity index (χ4v) is 3.57. The Morgan fingerprint density at radius 1 is 1.30 bits per heavy atom. The zero-order valence-electron chi connectivity index (χ0n) is 13.3. The van der Waals surface area contributed by atoms with Gasteiger partial charge in [-0.25, -0.2) is 0 Å². The van der Waals surface area contributed by atoms with Crippen LogP contribution in [0.5, 0.6) is 0 Å². The Morgan fingerprint density at radius 3 is 2.83 bits per heavy atom. The number of piperazine rings is 1. The molecule has 124 valence electrons. The third kappa shape index (κ3) is 4.77. The number of hydrogen-bond acceptors (Lipinski definition) is 3. The van der Waals surface area contributed by atoms with Gasteiger partial charge in [0.05, 0.1) is 0 Å². The zero-order chi connectivity index (χ0) is 15.4. The first-order valence-corrected chi connectivity index (χ1v) is 8.63. The molecule has 1 fully saturated rings. The molecule has 2 atom stereocenters. The molecule has 1 saturated heterocycles. The van der Waals surface area contributed by atoms with Gasteiger partial charge in [0.25, 0.3) is 0 Å². The third-order valence-electron chi connectivity index (χ3n) is 4.37. The molecule has 1 aromatic heterocycles. The van der Waals surface area contributed by atoms with E-state index in [1.807, 2.05) is 12.4 Å². The van der Waals surface area contributed by atoms with Crippen molar-refractivity contribution in [2.75, 3.05) is 26.2 Å². The van der Waals surface area contributed by atoms with E-state index in [4.69, 9.17) is 0 Å². The largest absolute Gasteiger partial charge is 0.314 e. The minimum absolute atomic E-state index is 0. The van der Waals surface area contributed by atoms with Crippen LogP contribution >= 0.6 is 28.3 Å². The van der Waals surface area contributed by atoms with Gasteiger partial charge in [-0.2, -0.15) is 0 Å². The Kier molecular flexibility index (Phi) is 7.03. The second-order valence-electron chi connectivity index (χ2n) is 5.95. The summed E-state index contributed by atoms with van der Waals surface area (Å²) in [6, 6.07) is 13.4. The molecule has 0 bridgehead atoms. The van der Waals surface area contributed by atoms with Crippen molar-refractivity contribution in [2.45, 2.75) is 18.9 Å². The van der Waals surface area contributed by atoms with Crippen molar-refractivity contribution in [2.24, 2.45) is 0 Å². The third-order valence-corrected chi connectivity index (χ3v) is 4.86. The van der Waals surface area contributed by atoms with Crippen LogP contribution in [0.1, 0.15) is 30.0 Å². The van der Waals surface area contributed by atoms with Crippen LogP contribution in [-0.4, -0.2) is 36.1 Å². The van der Waals surface area contributed by atoms with Crippen molar-refractivity contribution in [3.63, 3.8) is 0 Å². The quantitative estimate of drug-likeness (QED) is 0.846. The summed E-state index contributed by atoms with van der Waals surface area (Å²) in [6.07, 6.45) is 3.78. The lowest BCUT2D eigenvalue weighted by Crippen LogP contribution is -2.47. The van der Waals surface area contributed by atoms with Crippen molar-refractivity contribution in [3.8, 4) is 0 Å². The molecule has 0 saturated carbocycles. The van der Waals surface area contributed by atoms with Gasteiger partial charge < -0.3 is 5.32 Å². The Morgan fingerprint density at radius 2 is 2.09 bits per heavy atom.